The van der Waals surface area contributed by atoms with E-state index in [0.717, 1.165) is 12.1 Å². The number of halogens is 1. The Labute approximate surface area is 177 Å². The van der Waals surface area contributed by atoms with Crippen LogP contribution in [0.3, 0.4) is 0 Å². The van der Waals surface area contributed by atoms with Gasteiger partial charge in [-0.3, -0.25) is 9.89 Å². The molecule has 0 saturated heterocycles. The van der Waals surface area contributed by atoms with Crippen molar-refractivity contribution in [1.82, 2.24) is 30.3 Å². The van der Waals surface area contributed by atoms with Gasteiger partial charge in [-0.2, -0.15) is 10.2 Å². The fourth-order valence-corrected chi connectivity index (χ4v) is 4.30. The zero-order valence-electron chi connectivity index (χ0n) is 17.4. The lowest BCUT2D eigenvalue weighted by molar-refractivity contribution is 0.402. The van der Waals surface area contributed by atoms with Crippen LogP contribution in [0, 0.1) is 12.7 Å². The summed E-state index contributed by atoms with van der Waals surface area (Å²) in [4.78, 5) is 19.0. The lowest BCUT2D eigenvalue weighted by atomic mass is 9.83. The molecule has 0 bridgehead atoms. The topological polar surface area (TPSA) is 103 Å². The summed E-state index contributed by atoms with van der Waals surface area (Å²) in [6.07, 6.45) is 0. The molecule has 9 heteroatoms. The van der Waals surface area contributed by atoms with Gasteiger partial charge in [-0.1, -0.05) is 24.3 Å². The lowest BCUT2D eigenvalue weighted by Gasteiger charge is -2.33. The van der Waals surface area contributed by atoms with Crippen LogP contribution < -0.4 is 10.9 Å². The molecule has 0 radical (unpaired) electrons. The average Bonchev–Trinajstić information content (AvgIpc) is 3.15. The number of nitrogens with one attached hydrogen (secondary N) is 3. The van der Waals surface area contributed by atoms with E-state index in [4.69, 9.17) is 0 Å². The smallest absolute Gasteiger partial charge is 0.272 e. The maximum atomic E-state index is 14.3. The van der Waals surface area contributed by atoms with E-state index >= 15 is 0 Å². The highest BCUT2D eigenvalue weighted by Crippen LogP contribution is 2.45. The number of rotatable bonds is 4. The third-order valence-corrected chi connectivity index (χ3v) is 5.57. The number of aromatic amines is 2. The summed E-state index contributed by atoms with van der Waals surface area (Å²) < 4.78 is 14.3. The molecule has 5 rings (SSSR count). The minimum atomic E-state index is -0.480. The van der Waals surface area contributed by atoms with Gasteiger partial charge in [0.25, 0.3) is 5.56 Å². The van der Waals surface area contributed by atoms with E-state index < -0.39 is 11.4 Å². The quantitative estimate of drug-likeness (QED) is 0.470. The van der Waals surface area contributed by atoms with Crippen LogP contribution in [0.1, 0.15) is 40.4 Å². The van der Waals surface area contributed by atoms with E-state index in [0.29, 0.717) is 28.4 Å². The lowest BCUT2D eigenvalue weighted by Crippen LogP contribution is -2.29. The Morgan fingerprint density at radius 3 is 2.55 bits per heavy atom. The zero-order chi connectivity index (χ0) is 21.7. The third-order valence-electron chi connectivity index (χ3n) is 5.57. The molecule has 1 aliphatic rings. The molecule has 2 unspecified atom stereocenters. The number of anilines is 1. The summed E-state index contributed by atoms with van der Waals surface area (Å²) in [6.45, 7) is 2.64. The normalized spacial score (nSPS) is 17.8. The molecule has 158 valence electrons. The zero-order valence-corrected chi connectivity index (χ0v) is 17.4. The first-order valence-electron chi connectivity index (χ1n) is 10.0. The molecule has 0 spiro atoms. The summed E-state index contributed by atoms with van der Waals surface area (Å²) in [5.41, 5.74) is 2.92. The molecular weight excluding hydrogens is 397 g/mol. The predicted molar refractivity (Wildman–Crippen MR) is 115 cm³/mol. The van der Waals surface area contributed by atoms with Gasteiger partial charge in [0.1, 0.15) is 17.5 Å². The minimum Gasteiger partial charge on any atom is -0.376 e. The number of H-pyrrole nitrogens is 2. The Balaban J connectivity index is 1.69. The van der Waals surface area contributed by atoms with Crippen molar-refractivity contribution in [2.45, 2.75) is 25.4 Å². The molecule has 1 aliphatic heterocycles. The van der Waals surface area contributed by atoms with Gasteiger partial charge in [0, 0.05) is 17.6 Å². The maximum absolute atomic E-state index is 14.3. The number of hydrogen-bond acceptors (Lipinski definition) is 6. The molecule has 0 amide bonds. The SMILES string of the molecule is Cc1n[nH]c(C2c3n[nH]c(=O)c4cc(F)cc(c34)NC2c2ccc(CN(C)C)cc2)n1. The van der Waals surface area contributed by atoms with Crippen molar-refractivity contribution in [3.05, 3.63) is 81.0 Å². The average molecular weight is 419 g/mol. The van der Waals surface area contributed by atoms with Crippen molar-refractivity contribution in [3.63, 3.8) is 0 Å². The van der Waals surface area contributed by atoms with Crippen LogP contribution in [0.2, 0.25) is 0 Å². The largest absolute Gasteiger partial charge is 0.376 e. The Bertz CT molecular complexity index is 1330. The highest BCUT2D eigenvalue weighted by molar-refractivity contribution is 5.97. The van der Waals surface area contributed by atoms with E-state index in [1.165, 1.54) is 17.7 Å². The van der Waals surface area contributed by atoms with Crippen molar-refractivity contribution in [2.24, 2.45) is 0 Å². The Morgan fingerprint density at radius 2 is 1.87 bits per heavy atom. The summed E-state index contributed by atoms with van der Waals surface area (Å²) in [7, 11) is 4.05. The Hall–Kier alpha value is -3.59. The van der Waals surface area contributed by atoms with Crippen LogP contribution in [0.5, 0.6) is 0 Å². The molecule has 8 nitrogen and oxygen atoms in total. The van der Waals surface area contributed by atoms with Gasteiger partial charge >= 0.3 is 0 Å². The molecule has 2 aromatic heterocycles. The monoisotopic (exact) mass is 419 g/mol. The maximum Gasteiger partial charge on any atom is 0.272 e. The van der Waals surface area contributed by atoms with E-state index in [9.17, 15) is 9.18 Å². The standard InChI is InChI=1S/C22H22FN7O/c1-11-24-21(28-26-11)18-19(13-6-4-12(5-7-13)10-30(2)3)25-16-9-14(23)8-15-17(16)20(18)27-29-22(15)31/h4-9,18-19,25H,10H2,1-3H3,(H,29,31)(H,24,26,28). The summed E-state index contributed by atoms with van der Waals surface area (Å²) in [5.74, 6) is 0.411. The Kier molecular flexibility index (Phi) is 4.55. The van der Waals surface area contributed by atoms with Gasteiger partial charge in [-0.25, -0.2) is 14.5 Å². The second-order valence-corrected chi connectivity index (χ2v) is 8.16. The van der Waals surface area contributed by atoms with Gasteiger partial charge in [-0.15, -0.1) is 0 Å². The molecule has 0 aliphatic carbocycles. The number of nitrogens with zero attached hydrogens (tertiary/aromatic N) is 4. The van der Waals surface area contributed by atoms with Crippen molar-refractivity contribution in [2.75, 3.05) is 19.4 Å². The molecule has 3 heterocycles. The van der Waals surface area contributed by atoms with E-state index in [1.807, 2.05) is 14.1 Å². The molecule has 31 heavy (non-hydrogen) atoms. The van der Waals surface area contributed by atoms with Gasteiger partial charge in [0.05, 0.1) is 23.0 Å². The van der Waals surface area contributed by atoms with Crippen molar-refractivity contribution in [3.8, 4) is 0 Å². The summed E-state index contributed by atoms with van der Waals surface area (Å²) in [6, 6.07) is 10.6. The van der Waals surface area contributed by atoms with Crippen LogP contribution in [0.15, 0.2) is 41.2 Å². The molecular formula is C22H22FN7O. The van der Waals surface area contributed by atoms with Crippen molar-refractivity contribution >= 4 is 16.5 Å². The molecule has 3 N–H and O–H groups in total. The molecule has 0 fully saturated rings. The van der Waals surface area contributed by atoms with Gasteiger partial charge < -0.3 is 10.2 Å². The molecule has 2 atom stereocenters. The molecule has 0 saturated carbocycles. The summed E-state index contributed by atoms with van der Waals surface area (Å²) >= 11 is 0. The second-order valence-electron chi connectivity index (χ2n) is 8.16. The van der Waals surface area contributed by atoms with Crippen molar-refractivity contribution in [1.29, 1.82) is 0 Å². The van der Waals surface area contributed by atoms with Crippen LogP contribution >= 0.6 is 0 Å². The van der Waals surface area contributed by atoms with Gasteiger partial charge in [-0.05, 0) is 44.3 Å². The first kappa shape index (κ1) is 19.4. The fourth-order valence-electron chi connectivity index (χ4n) is 4.30. The minimum absolute atomic E-state index is 0.258. The Morgan fingerprint density at radius 1 is 1.10 bits per heavy atom. The number of aromatic nitrogens is 5. The molecule has 4 aromatic rings. The number of aryl methyl sites for hydroxylation is 1. The first-order chi connectivity index (χ1) is 14.9. The summed E-state index contributed by atoms with van der Waals surface area (Å²) in [5, 5.41) is 18.4. The molecule has 2 aromatic carbocycles. The van der Waals surface area contributed by atoms with Crippen LogP contribution in [-0.4, -0.2) is 44.4 Å². The predicted octanol–water partition coefficient (Wildman–Crippen LogP) is 2.85. The number of benzene rings is 2. The van der Waals surface area contributed by atoms with Crippen molar-refractivity contribution < 1.29 is 4.39 Å². The highest BCUT2D eigenvalue weighted by atomic mass is 19.1. The van der Waals surface area contributed by atoms with E-state index in [2.05, 4.69) is 59.9 Å². The fraction of sp³-hybridized carbons (Fsp3) is 0.273. The van der Waals surface area contributed by atoms with E-state index in [-0.39, 0.29) is 17.3 Å². The second kappa shape index (κ2) is 7.28. The van der Waals surface area contributed by atoms with Crippen LogP contribution in [0.4, 0.5) is 10.1 Å². The first-order valence-corrected chi connectivity index (χ1v) is 10.0. The van der Waals surface area contributed by atoms with E-state index in [1.54, 1.807) is 6.92 Å². The highest BCUT2D eigenvalue weighted by Gasteiger charge is 2.37. The van der Waals surface area contributed by atoms with Gasteiger partial charge in [0.2, 0.25) is 0 Å². The van der Waals surface area contributed by atoms with Gasteiger partial charge in [0.15, 0.2) is 0 Å². The van der Waals surface area contributed by atoms with Crippen LogP contribution in [0.25, 0.3) is 10.8 Å². The number of hydrogen-bond donors (Lipinski definition) is 3. The third kappa shape index (κ3) is 3.36. The van der Waals surface area contributed by atoms with Crippen LogP contribution in [-0.2, 0) is 6.54 Å².